The first-order chi connectivity index (χ1) is 9.36. The van der Waals surface area contributed by atoms with Gasteiger partial charge in [0.1, 0.15) is 0 Å². The first-order valence-electron chi connectivity index (χ1n) is 7.02. The number of rotatable bonds is 5. The average Bonchev–Trinajstić information content (AvgIpc) is 2.85. The van der Waals surface area contributed by atoms with Gasteiger partial charge in [0.2, 0.25) is 10.0 Å². The van der Waals surface area contributed by atoms with Gasteiger partial charge in [-0.15, -0.1) is 0 Å². The minimum absolute atomic E-state index is 0.0478. The molecule has 0 unspecified atom stereocenters. The number of hydrogen-bond acceptors (Lipinski definition) is 4. The van der Waals surface area contributed by atoms with Crippen LogP contribution in [0.3, 0.4) is 0 Å². The van der Waals surface area contributed by atoms with Crippen LogP contribution in [0.4, 0.5) is 11.4 Å². The van der Waals surface area contributed by atoms with Gasteiger partial charge in [0.15, 0.2) is 0 Å². The molecule has 0 amide bonds. The van der Waals surface area contributed by atoms with Crippen molar-refractivity contribution in [2.75, 3.05) is 17.6 Å². The van der Waals surface area contributed by atoms with Crippen molar-refractivity contribution >= 4 is 21.4 Å². The zero-order valence-corrected chi connectivity index (χ0v) is 12.7. The predicted octanol–water partition coefficient (Wildman–Crippen LogP) is 2.30. The molecule has 0 aromatic heterocycles. The summed E-state index contributed by atoms with van der Waals surface area (Å²) in [5, 5.41) is 8.45. The van der Waals surface area contributed by atoms with Crippen LogP contribution >= 0.6 is 0 Å². The van der Waals surface area contributed by atoms with E-state index in [2.05, 4.69) is 12.2 Å². The largest absolute Gasteiger partial charge is 0.397 e. The van der Waals surface area contributed by atoms with Crippen molar-refractivity contribution in [2.45, 2.75) is 43.9 Å². The topological polar surface area (TPSA) is 98.2 Å². The minimum Gasteiger partial charge on any atom is -0.397 e. The highest BCUT2D eigenvalue weighted by atomic mass is 32.2. The van der Waals surface area contributed by atoms with E-state index in [9.17, 15) is 8.42 Å². The summed E-state index contributed by atoms with van der Waals surface area (Å²) in [5.74, 6) is 0. The van der Waals surface area contributed by atoms with Gasteiger partial charge in [-0.3, -0.25) is 0 Å². The van der Waals surface area contributed by atoms with E-state index in [1.54, 1.807) is 6.07 Å². The minimum atomic E-state index is -3.70. The maximum absolute atomic E-state index is 11.3. The van der Waals surface area contributed by atoms with Crippen LogP contribution in [0.1, 0.15) is 39.0 Å². The summed E-state index contributed by atoms with van der Waals surface area (Å²) >= 11 is 0. The third-order valence-corrected chi connectivity index (χ3v) is 5.33. The number of nitrogen functional groups attached to an aromatic ring is 1. The first-order valence-corrected chi connectivity index (χ1v) is 8.57. The summed E-state index contributed by atoms with van der Waals surface area (Å²) in [6, 6.07) is 4.58. The number of hydrogen-bond donors (Lipinski definition) is 3. The average molecular weight is 297 g/mol. The number of nitrogens with two attached hydrogens (primary N) is 2. The van der Waals surface area contributed by atoms with E-state index in [4.69, 9.17) is 10.9 Å². The molecule has 1 aliphatic rings. The highest BCUT2D eigenvalue weighted by molar-refractivity contribution is 7.89. The van der Waals surface area contributed by atoms with E-state index < -0.39 is 10.0 Å². The fourth-order valence-corrected chi connectivity index (χ4v) is 3.49. The summed E-state index contributed by atoms with van der Waals surface area (Å²) in [4.78, 5) is 0.0478. The van der Waals surface area contributed by atoms with Crippen LogP contribution in [0, 0.1) is 5.41 Å². The molecule has 1 aromatic rings. The van der Waals surface area contributed by atoms with E-state index >= 15 is 0 Å². The van der Waals surface area contributed by atoms with Gasteiger partial charge in [0, 0.05) is 6.54 Å². The number of sulfonamides is 1. The van der Waals surface area contributed by atoms with Crippen molar-refractivity contribution in [3.63, 3.8) is 0 Å². The summed E-state index contributed by atoms with van der Waals surface area (Å²) in [7, 11) is -3.70. The third-order valence-electron chi connectivity index (χ3n) is 4.42. The van der Waals surface area contributed by atoms with Crippen molar-refractivity contribution in [1.82, 2.24) is 0 Å². The van der Waals surface area contributed by atoms with E-state index in [1.165, 1.54) is 37.8 Å². The van der Waals surface area contributed by atoms with Crippen LogP contribution < -0.4 is 16.2 Å². The van der Waals surface area contributed by atoms with Crippen molar-refractivity contribution in [3.05, 3.63) is 18.2 Å². The molecule has 0 saturated heterocycles. The smallest absolute Gasteiger partial charge is 0.238 e. The molecule has 0 bridgehead atoms. The van der Waals surface area contributed by atoms with E-state index in [0.29, 0.717) is 11.1 Å². The molecule has 2 rings (SSSR count). The molecular weight excluding hydrogens is 274 g/mol. The molecule has 1 aliphatic carbocycles. The first kappa shape index (κ1) is 15.1. The Morgan fingerprint density at radius 1 is 1.30 bits per heavy atom. The highest BCUT2D eigenvalue weighted by Crippen LogP contribution is 2.41. The lowest BCUT2D eigenvalue weighted by atomic mass is 9.83. The zero-order valence-electron chi connectivity index (χ0n) is 11.9. The van der Waals surface area contributed by atoms with Crippen molar-refractivity contribution < 1.29 is 8.42 Å². The fraction of sp³-hybridized carbons (Fsp3) is 0.571. The lowest BCUT2D eigenvalue weighted by molar-refractivity contribution is 0.307. The molecular formula is C14H23N3O2S. The van der Waals surface area contributed by atoms with Gasteiger partial charge >= 0.3 is 0 Å². The van der Waals surface area contributed by atoms with E-state index in [1.807, 2.05) is 0 Å². The molecule has 5 N–H and O–H groups in total. The lowest BCUT2D eigenvalue weighted by Crippen LogP contribution is -2.26. The van der Waals surface area contributed by atoms with E-state index in [0.717, 1.165) is 18.7 Å². The Hall–Kier alpha value is -1.27. The van der Waals surface area contributed by atoms with Crippen LogP contribution in [0.25, 0.3) is 0 Å². The van der Waals surface area contributed by atoms with Gasteiger partial charge in [0.25, 0.3) is 0 Å². The molecule has 1 saturated carbocycles. The monoisotopic (exact) mass is 297 g/mol. The Balaban J connectivity index is 2.11. The molecule has 0 heterocycles. The normalized spacial score (nSPS) is 18.1. The summed E-state index contributed by atoms with van der Waals surface area (Å²) in [5.41, 5.74) is 7.45. The molecule has 20 heavy (non-hydrogen) atoms. The molecule has 6 heteroatoms. The van der Waals surface area contributed by atoms with Gasteiger partial charge in [-0.1, -0.05) is 19.8 Å². The second kappa shape index (κ2) is 5.61. The second-order valence-electron chi connectivity index (χ2n) is 5.71. The third kappa shape index (κ3) is 3.24. The summed E-state index contributed by atoms with van der Waals surface area (Å²) in [6.07, 6.45) is 6.21. The maximum atomic E-state index is 11.3. The molecule has 112 valence electrons. The summed E-state index contributed by atoms with van der Waals surface area (Å²) < 4.78 is 22.5. The van der Waals surface area contributed by atoms with Crippen molar-refractivity contribution in [1.29, 1.82) is 0 Å². The van der Waals surface area contributed by atoms with Gasteiger partial charge in [0.05, 0.1) is 16.3 Å². The molecule has 0 spiro atoms. The Bertz CT molecular complexity index is 578. The van der Waals surface area contributed by atoms with Crippen LogP contribution in [0.15, 0.2) is 23.1 Å². The number of anilines is 2. The fourth-order valence-electron chi connectivity index (χ4n) is 2.94. The summed E-state index contributed by atoms with van der Waals surface area (Å²) in [6.45, 7) is 3.10. The van der Waals surface area contributed by atoms with Crippen LogP contribution in [0.2, 0.25) is 0 Å². The Morgan fingerprint density at radius 2 is 1.95 bits per heavy atom. The van der Waals surface area contributed by atoms with E-state index in [-0.39, 0.29) is 4.90 Å². The Morgan fingerprint density at radius 3 is 2.45 bits per heavy atom. The Kier molecular flexibility index (Phi) is 4.25. The van der Waals surface area contributed by atoms with Gasteiger partial charge < -0.3 is 11.1 Å². The lowest BCUT2D eigenvalue weighted by Gasteiger charge is -2.28. The van der Waals surface area contributed by atoms with Crippen LogP contribution in [0.5, 0.6) is 0 Å². The molecule has 5 nitrogen and oxygen atoms in total. The maximum Gasteiger partial charge on any atom is 0.238 e. The second-order valence-corrected chi connectivity index (χ2v) is 7.27. The SMILES string of the molecule is CCC1(CNc2ccc(S(N)(=O)=O)cc2N)CCCC1. The number of primary sulfonamides is 1. The van der Waals surface area contributed by atoms with Gasteiger partial charge in [-0.2, -0.15) is 0 Å². The quantitative estimate of drug-likeness (QED) is 0.726. The predicted molar refractivity (Wildman–Crippen MR) is 81.9 cm³/mol. The molecule has 0 aliphatic heterocycles. The van der Waals surface area contributed by atoms with Gasteiger partial charge in [-0.25, -0.2) is 13.6 Å². The van der Waals surface area contributed by atoms with Crippen molar-refractivity contribution in [3.8, 4) is 0 Å². The van der Waals surface area contributed by atoms with Crippen LogP contribution in [-0.2, 0) is 10.0 Å². The van der Waals surface area contributed by atoms with Crippen molar-refractivity contribution in [2.24, 2.45) is 10.6 Å². The zero-order chi connectivity index (χ0) is 14.8. The van der Waals surface area contributed by atoms with Crippen LogP contribution in [-0.4, -0.2) is 15.0 Å². The molecule has 1 aromatic carbocycles. The number of nitrogens with one attached hydrogen (secondary N) is 1. The molecule has 0 atom stereocenters. The Labute approximate surface area is 120 Å². The highest BCUT2D eigenvalue weighted by Gasteiger charge is 2.31. The number of benzene rings is 1. The standard InChI is InChI=1S/C14H23N3O2S/c1-2-14(7-3-4-8-14)10-17-13-6-5-11(9-12(13)15)20(16,18)19/h5-6,9,17H,2-4,7-8,10,15H2,1H3,(H2,16,18,19). The molecule has 0 radical (unpaired) electrons. The molecule has 1 fully saturated rings. The van der Waals surface area contributed by atoms with Gasteiger partial charge in [-0.05, 0) is 42.9 Å².